The van der Waals surface area contributed by atoms with Crippen LogP contribution in [0.15, 0.2) is 67.0 Å². The summed E-state index contributed by atoms with van der Waals surface area (Å²) in [6, 6.07) is 16.9. The van der Waals surface area contributed by atoms with Gasteiger partial charge in [0.1, 0.15) is 11.9 Å². The number of ether oxygens (including phenoxy) is 1. The van der Waals surface area contributed by atoms with Crippen LogP contribution in [0, 0.1) is 0 Å². The number of aliphatic hydroxyl groups is 1. The van der Waals surface area contributed by atoms with E-state index in [9.17, 15) is 9.90 Å². The van der Waals surface area contributed by atoms with Gasteiger partial charge < -0.3 is 20.3 Å². The molecule has 160 valence electrons. The van der Waals surface area contributed by atoms with E-state index in [4.69, 9.17) is 9.84 Å². The molecule has 2 atom stereocenters. The van der Waals surface area contributed by atoms with Crippen molar-refractivity contribution in [2.24, 2.45) is 0 Å². The molecule has 1 aliphatic heterocycles. The number of hydrogen-bond donors (Lipinski definition) is 3. The number of aromatic carboxylic acids is 1. The Morgan fingerprint density at radius 3 is 2.71 bits per heavy atom. The van der Waals surface area contributed by atoms with Crippen molar-refractivity contribution in [1.82, 2.24) is 10.3 Å². The van der Waals surface area contributed by atoms with E-state index in [1.807, 2.05) is 30.3 Å². The highest BCUT2D eigenvalue weighted by Crippen LogP contribution is 2.29. The number of carboxylic acid groups (broad SMARTS) is 1. The Balaban J connectivity index is 1.29. The highest BCUT2D eigenvalue weighted by Gasteiger charge is 2.20. The molecule has 3 aromatic rings. The van der Waals surface area contributed by atoms with Crippen molar-refractivity contribution in [3.63, 3.8) is 0 Å². The van der Waals surface area contributed by atoms with Gasteiger partial charge in [0.25, 0.3) is 0 Å². The third kappa shape index (κ3) is 5.48. The first-order valence-electron chi connectivity index (χ1n) is 10.5. The lowest BCUT2D eigenvalue weighted by Crippen LogP contribution is -2.36. The number of aliphatic hydroxyl groups excluding tert-OH is 1. The fraction of sp³-hybridized carbons (Fsp3) is 0.280. The average Bonchev–Trinajstić information content (AvgIpc) is 2.80. The topological polar surface area (TPSA) is 91.7 Å². The lowest BCUT2D eigenvalue weighted by Gasteiger charge is -2.27. The smallest absolute Gasteiger partial charge is 0.335 e. The molecule has 31 heavy (non-hydrogen) atoms. The summed E-state index contributed by atoms with van der Waals surface area (Å²) in [5.41, 5.74) is 4.56. The van der Waals surface area contributed by atoms with Crippen LogP contribution < -0.4 is 10.1 Å². The van der Waals surface area contributed by atoms with Crippen molar-refractivity contribution in [2.75, 3.05) is 13.1 Å². The molecule has 4 rings (SSSR count). The normalized spacial score (nSPS) is 16.2. The number of hydrogen-bond acceptors (Lipinski definition) is 5. The molecule has 2 aromatic carbocycles. The minimum atomic E-state index is -0.909. The maximum Gasteiger partial charge on any atom is 0.335 e. The monoisotopic (exact) mass is 418 g/mol. The molecule has 2 heterocycles. The van der Waals surface area contributed by atoms with Crippen molar-refractivity contribution >= 4 is 5.97 Å². The zero-order valence-corrected chi connectivity index (χ0v) is 17.2. The van der Waals surface area contributed by atoms with E-state index in [1.165, 1.54) is 11.1 Å². The summed E-state index contributed by atoms with van der Waals surface area (Å²) in [6.45, 7) is 1.13. The number of nitrogens with one attached hydrogen (secondary N) is 1. The lowest BCUT2D eigenvalue weighted by molar-refractivity contribution is 0.0697. The van der Waals surface area contributed by atoms with Gasteiger partial charge in [-0.2, -0.15) is 0 Å². The number of nitrogens with zero attached hydrogens (tertiary/aromatic N) is 1. The van der Waals surface area contributed by atoms with E-state index in [2.05, 4.69) is 22.4 Å². The van der Waals surface area contributed by atoms with Gasteiger partial charge in [-0.1, -0.05) is 30.3 Å². The van der Waals surface area contributed by atoms with Crippen LogP contribution in [-0.4, -0.2) is 40.4 Å². The predicted octanol–water partition coefficient (Wildman–Crippen LogP) is 3.39. The average molecular weight is 418 g/mol. The molecule has 0 unspecified atom stereocenters. The van der Waals surface area contributed by atoms with Crippen LogP contribution in [0.5, 0.6) is 5.75 Å². The zero-order chi connectivity index (χ0) is 21.6. The van der Waals surface area contributed by atoms with Gasteiger partial charge in [-0.3, -0.25) is 4.98 Å². The molecule has 1 aliphatic rings. The number of rotatable bonds is 8. The predicted molar refractivity (Wildman–Crippen MR) is 117 cm³/mol. The second-order valence-corrected chi connectivity index (χ2v) is 7.86. The van der Waals surface area contributed by atoms with Crippen LogP contribution in [0.25, 0.3) is 0 Å². The largest absolute Gasteiger partial charge is 0.489 e. The summed E-state index contributed by atoms with van der Waals surface area (Å²) in [7, 11) is 0. The molecular formula is C25H26N2O4. The first kappa shape index (κ1) is 21.0. The number of carbonyl (C=O) groups is 1. The van der Waals surface area contributed by atoms with Crippen molar-refractivity contribution < 1.29 is 19.7 Å². The van der Waals surface area contributed by atoms with Crippen molar-refractivity contribution in [3.05, 3.63) is 94.8 Å². The molecular weight excluding hydrogens is 392 g/mol. The highest BCUT2D eigenvalue weighted by atomic mass is 16.5. The number of pyridine rings is 1. The SMILES string of the molecule is O=C(O)c1ccc(Cc2ccc3c(c2)CC[C@H](CNC[C@@H](O)c2cccnc2)O3)cc1. The molecule has 0 spiro atoms. The van der Waals surface area contributed by atoms with Gasteiger partial charge in [0, 0.05) is 31.0 Å². The van der Waals surface area contributed by atoms with Crippen molar-refractivity contribution in [1.29, 1.82) is 0 Å². The van der Waals surface area contributed by atoms with Gasteiger partial charge >= 0.3 is 5.97 Å². The van der Waals surface area contributed by atoms with Crippen LogP contribution in [0.2, 0.25) is 0 Å². The first-order chi connectivity index (χ1) is 15.1. The number of carboxylic acids is 1. The molecule has 6 heteroatoms. The third-order valence-corrected chi connectivity index (χ3v) is 5.54. The van der Waals surface area contributed by atoms with Gasteiger partial charge in [-0.05, 0) is 60.2 Å². The molecule has 0 bridgehead atoms. The van der Waals surface area contributed by atoms with E-state index < -0.39 is 12.1 Å². The van der Waals surface area contributed by atoms with Crippen LogP contribution in [0.1, 0.15) is 45.1 Å². The first-order valence-corrected chi connectivity index (χ1v) is 10.5. The number of aryl methyl sites for hydroxylation is 1. The highest BCUT2D eigenvalue weighted by molar-refractivity contribution is 5.87. The van der Waals surface area contributed by atoms with E-state index in [0.717, 1.165) is 36.1 Å². The Morgan fingerprint density at radius 1 is 1.16 bits per heavy atom. The Bertz CT molecular complexity index is 1020. The van der Waals surface area contributed by atoms with Crippen LogP contribution in [0.3, 0.4) is 0 Å². The van der Waals surface area contributed by atoms with Crippen molar-refractivity contribution in [3.8, 4) is 5.75 Å². The molecule has 6 nitrogen and oxygen atoms in total. The van der Waals surface area contributed by atoms with E-state index >= 15 is 0 Å². The van der Waals surface area contributed by atoms with Gasteiger partial charge in [0.15, 0.2) is 0 Å². The van der Waals surface area contributed by atoms with Gasteiger partial charge in [-0.25, -0.2) is 4.79 Å². The van der Waals surface area contributed by atoms with Crippen LogP contribution >= 0.6 is 0 Å². The van der Waals surface area contributed by atoms with E-state index in [0.29, 0.717) is 18.7 Å². The van der Waals surface area contributed by atoms with Crippen LogP contribution in [0.4, 0.5) is 0 Å². The minimum Gasteiger partial charge on any atom is -0.489 e. The van der Waals surface area contributed by atoms with Gasteiger partial charge in [0.05, 0.1) is 11.7 Å². The molecule has 0 saturated carbocycles. The van der Waals surface area contributed by atoms with Crippen LogP contribution in [-0.2, 0) is 12.8 Å². The summed E-state index contributed by atoms with van der Waals surface area (Å²) >= 11 is 0. The maximum absolute atomic E-state index is 11.0. The van der Waals surface area contributed by atoms with Crippen molar-refractivity contribution in [2.45, 2.75) is 31.5 Å². The fourth-order valence-electron chi connectivity index (χ4n) is 3.82. The number of benzene rings is 2. The molecule has 0 aliphatic carbocycles. The molecule has 0 fully saturated rings. The lowest BCUT2D eigenvalue weighted by atomic mass is 9.96. The Kier molecular flexibility index (Phi) is 6.60. The summed E-state index contributed by atoms with van der Waals surface area (Å²) in [6.07, 6.45) is 5.47. The maximum atomic E-state index is 11.0. The Morgan fingerprint density at radius 2 is 1.97 bits per heavy atom. The number of fused-ring (bicyclic) bond motifs is 1. The molecule has 0 saturated heterocycles. The number of aromatic nitrogens is 1. The molecule has 0 amide bonds. The third-order valence-electron chi connectivity index (χ3n) is 5.54. The zero-order valence-electron chi connectivity index (χ0n) is 17.2. The second-order valence-electron chi connectivity index (χ2n) is 7.86. The quantitative estimate of drug-likeness (QED) is 0.519. The second kappa shape index (κ2) is 9.73. The van der Waals surface area contributed by atoms with E-state index in [1.54, 1.807) is 24.5 Å². The Hall–Kier alpha value is -3.22. The van der Waals surface area contributed by atoms with Gasteiger partial charge in [-0.15, -0.1) is 0 Å². The Labute approximate surface area is 181 Å². The minimum absolute atomic E-state index is 0.0722. The molecule has 3 N–H and O–H groups in total. The van der Waals surface area contributed by atoms with Gasteiger partial charge in [0.2, 0.25) is 0 Å². The summed E-state index contributed by atoms with van der Waals surface area (Å²) in [4.78, 5) is 15.0. The fourth-order valence-corrected chi connectivity index (χ4v) is 3.82. The van der Waals surface area contributed by atoms with E-state index in [-0.39, 0.29) is 6.10 Å². The molecule has 0 radical (unpaired) electrons. The summed E-state index contributed by atoms with van der Waals surface area (Å²) in [5, 5.41) is 22.5. The summed E-state index contributed by atoms with van der Waals surface area (Å²) < 4.78 is 6.14. The molecule has 1 aromatic heterocycles. The standard InChI is InChI=1S/C25H26N2O4/c28-23(21-2-1-11-26-14-21)16-27-15-22-9-8-20-13-18(5-10-24(20)31-22)12-17-3-6-19(7-4-17)25(29)30/h1-7,10-11,13-14,22-23,27-28H,8-9,12,15-16H2,(H,29,30)/t22-,23-/m1/s1. The summed E-state index contributed by atoms with van der Waals surface area (Å²) in [5.74, 6) is 0.00365.